The summed E-state index contributed by atoms with van der Waals surface area (Å²) in [5.74, 6) is 0. The minimum absolute atomic E-state index is 0.0356. The summed E-state index contributed by atoms with van der Waals surface area (Å²) >= 11 is 6.18. The Morgan fingerprint density at radius 2 is 2.00 bits per heavy atom. The number of amides is 1. The summed E-state index contributed by atoms with van der Waals surface area (Å²) in [5, 5.41) is 10.00. The second-order valence-corrected chi connectivity index (χ2v) is 8.02. The van der Waals surface area contributed by atoms with Crippen molar-refractivity contribution in [2.75, 3.05) is 19.7 Å². The fourth-order valence-electron chi connectivity index (χ4n) is 3.36. The molecule has 0 bridgehead atoms. The fraction of sp³-hybridized carbons (Fsp3) is 0.632. The largest absolute Gasteiger partial charge is 0.444 e. The first-order chi connectivity index (χ1) is 11.3. The molecule has 5 heteroatoms. The van der Waals surface area contributed by atoms with Crippen molar-refractivity contribution in [3.05, 3.63) is 34.9 Å². The predicted octanol–water partition coefficient (Wildman–Crippen LogP) is 4.38. The van der Waals surface area contributed by atoms with Crippen LogP contribution in [0.15, 0.2) is 24.3 Å². The second kappa shape index (κ2) is 7.75. The first-order valence-electron chi connectivity index (χ1n) is 8.61. The fourth-order valence-corrected chi connectivity index (χ4v) is 3.55. The van der Waals surface area contributed by atoms with E-state index in [1.165, 1.54) is 5.56 Å². The van der Waals surface area contributed by atoms with Crippen molar-refractivity contribution in [3.63, 3.8) is 0 Å². The van der Waals surface area contributed by atoms with Crippen molar-refractivity contribution < 1.29 is 14.6 Å². The maximum atomic E-state index is 12.3. The van der Waals surface area contributed by atoms with Gasteiger partial charge in [-0.05, 0) is 69.6 Å². The zero-order valence-electron chi connectivity index (χ0n) is 14.8. The molecule has 24 heavy (non-hydrogen) atoms. The highest BCUT2D eigenvalue weighted by Gasteiger charge is 2.38. The molecule has 2 rings (SSSR count). The third-order valence-corrected chi connectivity index (χ3v) is 4.86. The molecular weight excluding hydrogens is 326 g/mol. The maximum absolute atomic E-state index is 12.3. The highest BCUT2D eigenvalue weighted by molar-refractivity contribution is 6.30. The molecular formula is C19H28ClNO3. The molecule has 1 saturated heterocycles. The van der Waals surface area contributed by atoms with Crippen molar-refractivity contribution in [1.29, 1.82) is 0 Å². The van der Waals surface area contributed by atoms with E-state index in [0.29, 0.717) is 13.1 Å². The minimum Gasteiger partial charge on any atom is -0.444 e. The second-order valence-electron chi connectivity index (χ2n) is 7.59. The molecule has 0 aliphatic carbocycles. The summed E-state index contributed by atoms with van der Waals surface area (Å²) in [6.45, 7) is 7.14. The number of aliphatic hydroxyl groups is 1. The van der Waals surface area contributed by atoms with Crippen molar-refractivity contribution in [2.24, 2.45) is 0 Å². The van der Waals surface area contributed by atoms with Crippen molar-refractivity contribution in [2.45, 2.75) is 57.5 Å². The van der Waals surface area contributed by atoms with Crippen LogP contribution in [0.1, 0.15) is 52.0 Å². The van der Waals surface area contributed by atoms with E-state index in [4.69, 9.17) is 16.3 Å². The molecule has 134 valence electrons. The van der Waals surface area contributed by atoms with E-state index < -0.39 is 5.60 Å². The van der Waals surface area contributed by atoms with Gasteiger partial charge in [0.1, 0.15) is 5.60 Å². The molecule has 1 aromatic rings. The number of benzene rings is 1. The van der Waals surface area contributed by atoms with Crippen LogP contribution in [-0.2, 0) is 10.2 Å². The molecule has 0 unspecified atom stereocenters. The van der Waals surface area contributed by atoms with Crippen LogP contribution < -0.4 is 0 Å². The van der Waals surface area contributed by atoms with E-state index in [2.05, 4.69) is 6.07 Å². The Balaban J connectivity index is 2.11. The van der Waals surface area contributed by atoms with Crippen LogP contribution >= 0.6 is 11.6 Å². The molecule has 1 aliphatic heterocycles. The minimum atomic E-state index is -0.477. The summed E-state index contributed by atoms with van der Waals surface area (Å²) in [5.41, 5.74) is 0.689. The van der Waals surface area contributed by atoms with E-state index >= 15 is 0 Å². The number of carbonyl (C=O) groups is 1. The topological polar surface area (TPSA) is 49.8 Å². The Morgan fingerprint density at radius 1 is 1.33 bits per heavy atom. The Hall–Kier alpha value is -1.26. The lowest BCUT2D eigenvalue weighted by Gasteiger charge is -2.42. The highest BCUT2D eigenvalue weighted by Crippen LogP contribution is 2.40. The van der Waals surface area contributed by atoms with Crippen LogP contribution in [0.3, 0.4) is 0 Å². The van der Waals surface area contributed by atoms with Gasteiger partial charge in [-0.1, -0.05) is 23.7 Å². The van der Waals surface area contributed by atoms with Gasteiger partial charge in [0.25, 0.3) is 0 Å². The van der Waals surface area contributed by atoms with E-state index in [1.54, 1.807) is 4.90 Å². The van der Waals surface area contributed by atoms with Crippen molar-refractivity contribution in [3.8, 4) is 0 Å². The van der Waals surface area contributed by atoms with Gasteiger partial charge in [0.15, 0.2) is 0 Å². The number of ether oxygens (including phenoxy) is 1. The van der Waals surface area contributed by atoms with Gasteiger partial charge in [0.05, 0.1) is 0 Å². The molecule has 1 aliphatic rings. The number of likely N-dealkylation sites (tertiary alicyclic amines) is 1. The van der Waals surface area contributed by atoms with Crippen molar-refractivity contribution >= 4 is 17.7 Å². The van der Waals surface area contributed by atoms with Crippen LogP contribution in [-0.4, -0.2) is 41.4 Å². The molecule has 1 amide bonds. The predicted molar refractivity (Wildman–Crippen MR) is 96.5 cm³/mol. The van der Waals surface area contributed by atoms with Gasteiger partial charge in [0.2, 0.25) is 0 Å². The van der Waals surface area contributed by atoms with Gasteiger partial charge >= 0.3 is 6.09 Å². The van der Waals surface area contributed by atoms with Crippen LogP contribution in [0.25, 0.3) is 0 Å². The van der Waals surface area contributed by atoms with Gasteiger partial charge < -0.3 is 14.7 Å². The number of halogens is 1. The molecule has 1 N–H and O–H groups in total. The average molecular weight is 354 g/mol. The average Bonchev–Trinajstić information content (AvgIpc) is 2.52. The van der Waals surface area contributed by atoms with Crippen LogP contribution in [0.5, 0.6) is 0 Å². The van der Waals surface area contributed by atoms with Gasteiger partial charge in [-0.15, -0.1) is 0 Å². The maximum Gasteiger partial charge on any atom is 0.410 e. The zero-order valence-corrected chi connectivity index (χ0v) is 15.6. The standard InChI is InChI=1S/C19H28ClNO3/c1-18(2,3)24-17(23)21-11-9-19(10-12-21,8-5-13-22)15-6-4-7-16(20)14-15/h4,6-7,14,22H,5,8-13H2,1-3H3. The lowest BCUT2D eigenvalue weighted by molar-refractivity contribution is 0.0155. The summed E-state index contributed by atoms with van der Waals surface area (Å²) in [7, 11) is 0. The molecule has 1 fully saturated rings. The summed E-state index contributed by atoms with van der Waals surface area (Å²) in [4.78, 5) is 14.1. The number of aliphatic hydroxyl groups excluding tert-OH is 1. The smallest absolute Gasteiger partial charge is 0.410 e. The molecule has 0 spiro atoms. The quantitative estimate of drug-likeness (QED) is 0.873. The van der Waals surface area contributed by atoms with E-state index in [0.717, 1.165) is 30.7 Å². The third kappa shape index (κ3) is 4.87. The first kappa shape index (κ1) is 19.1. The Labute approximate surface area is 149 Å². The van der Waals surface area contributed by atoms with Gasteiger partial charge in [-0.3, -0.25) is 0 Å². The highest BCUT2D eigenvalue weighted by atomic mass is 35.5. The Kier molecular flexibility index (Phi) is 6.16. The van der Waals surface area contributed by atoms with Gasteiger partial charge in [-0.2, -0.15) is 0 Å². The van der Waals surface area contributed by atoms with E-state index in [9.17, 15) is 9.90 Å². The van der Waals surface area contributed by atoms with E-state index in [1.807, 2.05) is 39.0 Å². The molecule has 0 aromatic heterocycles. The molecule has 1 aromatic carbocycles. The molecule has 0 saturated carbocycles. The van der Waals surface area contributed by atoms with Crippen LogP contribution in [0.4, 0.5) is 4.79 Å². The molecule has 1 heterocycles. The van der Waals surface area contributed by atoms with Gasteiger partial charge in [-0.25, -0.2) is 4.79 Å². The Bertz CT molecular complexity index is 560. The third-order valence-electron chi connectivity index (χ3n) is 4.62. The SMILES string of the molecule is CC(C)(C)OC(=O)N1CCC(CCCO)(c2cccc(Cl)c2)CC1. The lowest BCUT2D eigenvalue weighted by Crippen LogP contribution is -2.47. The lowest BCUT2D eigenvalue weighted by atomic mass is 9.70. The van der Waals surface area contributed by atoms with Crippen LogP contribution in [0, 0.1) is 0 Å². The summed E-state index contributed by atoms with van der Waals surface area (Å²) < 4.78 is 5.48. The van der Waals surface area contributed by atoms with E-state index in [-0.39, 0.29) is 18.1 Å². The van der Waals surface area contributed by atoms with Gasteiger partial charge in [0, 0.05) is 24.7 Å². The normalized spacial score (nSPS) is 17.6. The molecule has 0 radical (unpaired) electrons. The summed E-state index contributed by atoms with van der Waals surface area (Å²) in [6.07, 6.45) is 3.11. The molecule has 4 nitrogen and oxygen atoms in total. The first-order valence-corrected chi connectivity index (χ1v) is 8.98. The Morgan fingerprint density at radius 3 is 2.54 bits per heavy atom. The summed E-state index contributed by atoms with van der Waals surface area (Å²) in [6, 6.07) is 7.97. The molecule has 0 atom stereocenters. The number of carbonyl (C=O) groups excluding carboxylic acids is 1. The number of hydrogen-bond acceptors (Lipinski definition) is 3. The number of hydrogen-bond donors (Lipinski definition) is 1. The van der Waals surface area contributed by atoms with Crippen molar-refractivity contribution in [1.82, 2.24) is 4.90 Å². The number of rotatable bonds is 4. The number of nitrogens with zero attached hydrogens (tertiary/aromatic N) is 1. The zero-order chi connectivity index (χ0) is 17.8. The van der Waals surface area contributed by atoms with Crippen LogP contribution in [0.2, 0.25) is 5.02 Å². The monoisotopic (exact) mass is 353 g/mol. The number of piperidine rings is 1.